The quantitative estimate of drug-likeness (QED) is 0.106. The molecule has 1 heteroatoms. The summed E-state index contributed by atoms with van der Waals surface area (Å²) in [5.41, 5.74) is 9.30. The molecular formula is C58H47N. The molecule has 1 nitrogen and oxygen atoms in total. The predicted molar refractivity (Wildman–Crippen MR) is 257 cm³/mol. The molecule has 9 aromatic rings. The Labute approximate surface area is 348 Å². The fourth-order valence-electron chi connectivity index (χ4n) is 8.54. The Morgan fingerprint density at radius 1 is 0.525 bits per heavy atom. The molecule has 59 heavy (non-hydrogen) atoms. The van der Waals surface area contributed by atoms with Gasteiger partial charge in [-0.3, -0.25) is 0 Å². The van der Waals surface area contributed by atoms with Crippen molar-refractivity contribution in [3.05, 3.63) is 248 Å². The topological polar surface area (TPSA) is 3.24 Å². The van der Waals surface area contributed by atoms with Gasteiger partial charge >= 0.3 is 0 Å². The van der Waals surface area contributed by atoms with E-state index in [1.807, 2.05) is 0 Å². The van der Waals surface area contributed by atoms with Crippen LogP contribution in [0.3, 0.4) is 0 Å². The summed E-state index contributed by atoms with van der Waals surface area (Å²) in [5.74, 6) is 0.118. The molecule has 0 saturated heterocycles. The van der Waals surface area contributed by atoms with E-state index in [0.29, 0.717) is 0 Å². The summed E-state index contributed by atoms with van der Waals surface area (Å²) in [4.78, 5) is 2.30. The van der Waals surface area contributed by atoms with Crippen LogP contribution in [0.4, 0.5) is 5.69 Å². The first-order valence-corrected chi connectivity index (χ1v) is 20.6. The van der Waals surface area contributed by atoms with E-state index in [1.165, 1.54) is 70.9 Å². The van der Waals surface area contributed by atoms with Crippen molar-refractivity contribution in [2.75, 3.05) is 4.90 Å². The van der Waals surface area contributed by atoms with Crippen LogP contribution in [0.15, 0.2) is 231 Å². The third-order valence-electron chi connectivity index (χ3n) is 11.6. The molecule has 0 N–H and O–H groups in total. The maximum atomic E-state index is 4.74. The summed E-state index contributed by atoms with van der Waals surface area (Å²) in [5, 5.41) is 10.1. The van der Waals surface area contributed by atoms with Crippen LogP contribution in [0.5, 0.6) is 0 Å². The van der Waals surface area contributed by atoms with Crippen LogP contribution >= 0.6 is 0 Å². The minimum atomic E-state index is 0.118. The number of rotatable bonds is 13. The highest BCUT2D eigenvalue weighted by Gasteiger charge is 2.16. The van der Waals surface area contributed by atoms with Gasteiger partial charge in [0.2, 0.25) is 0 Å². The lowest BCUT2D eigenvalue weighted by Gasteiger charge is -2.25. The van der Waals surface area contributed by atoms with E-state index in [4.69, 9.17) is 6.58 Å². The summed E-state index contributed by atoms with van der Waals surface area (Å²) in [6, 6.07) is 69.8. The van der Waals surface area contributed by atoms with E-state index in [0.717, 1.165) is 36.2 Å². The first kappa shape index (κ1) is 37.4. The van der Waals surface area contributed by atoms with Crippen molar-refractivity contribution in [3.8, 4) is 11.1 Å². The molecule has 0 spiro atoms. The van der Waals surface area contributed by atoms with Crippen LogP contribution in [0.1, 0.15) is 41.9 Å². The lowest BCUT2D eigenvalue weighted by atomic mass is 9.89. The Balaban J connectivity index is 1.07. The van der Waals surface area contributed by atoms with Crippen LogP contribution in [0.25, 0.3) is 65.9 Å². The highest BCUT2D eigenvalue weighted by atomic mass is 15.1. The van der Waals surface area contributed by atoms with E-state index in [-0.39, 0.29) is 5.92 Å². The standard InChI is InChI=1S/C58H47N/c1-42(44-21-5-3-6-22-44)38-46(45-23-7-4-8-24-45)36-37-59(43(2)20-9-10-25-47-39-48-26-11-13-30-52(48)55-33-16-15-32-53(47)55)51-29-19-28-49(40-51)58-41-50-27-12-14-31-54(50)56-34-17-18-35-57(56)58/h3-8,10-19,21-37,39-41,46H,1-2,9,20,38H2/b25-10+,37-36+. The highest BCUT2D eigenvalue weighted by molar-refractivity contribution is 6.14. The molecule has 0 fully saturated rings. The van der Waals surface area contributed by atoms with E-state index >= 15 is 0 Å². The summed E-state index contributed by atoms with van der Waals surface area (Å²) >= 11 is 0. The minimum absolute atomic E-state index is 0.118. The highest BCUT2D eigenvalue weighted by Crippen LogP contribution is 2.38. The smallest absolute Gasteiger partial charge is 0.0458 e. The first-order valence-electron chi connectivity index (χ1n) is 20.6. The molecule has 0 heterocycles. The number of fused-ring (bicyclic) bond motifs is 6. The van der Waals surface area contributed by atoms with Crippen LogP contribution in [-0.4, -0.2) is 0 Å². The Hall–Kier alpha value is -7.22. The second-order valence-corrected chi connectivity index (χ2v) is 15.4. The zero-order valence-electron chi connectivity index (χ0n) is 33.3. The maximum absolute atomic E-state index is 4.74. The Morgan fingerprint density at radius 3 is 1.81 bits per heavy atom. The molecule has 0 bridgehead atoms. The summed E-state index contributed by atoms with van der Waals surface area (Å²) in [6.07, 6.45) is 11.6. The zero-order valence-corrected chi connectivity index (χ0v) is 33.3. The zero-order chi connectivity index (χ0) is 40.0. The molecule has 0 saturated carbocycles. The van der Waals surface area contributed by atoms with Crippen molar-refractivity contribution in [3.63, 3.8) is 0 Å². The third kappa shape index (κ3) is 8.02. The van der Waals surface area contributed by atoms with Gasteiger partial charge in [0.1, 0.15) is 0 Å². The van der Waals surface area contributed by atoms with Crippen LogP contribution in [0.2, 0.25) is 0 Å². The van der Waals surface area contributed by atoms with Crippen molar-refractivity contribution >= 4 is 60.4 Å². The van der Waals surface area contributed by atoms with E-state index in [1.54, 1.807) is 0 Å². The van der Waals surface area contributed by atoms with Gasteiger partial charge in [0.25, 0.3) is 0 Å². The summed E-state index contributed by atoms with van der Waals surface area (Å²) in [7, 11) is 0. The average Bonchev–Trinajstić information content (AvgIpc) is 3.30. The van der Waals surface area contributed by atoms with Gasteiger partial charge in [0, 0.05) is 23.5 Å². The lowest BCUT2D eigenvalue weighted by Crippen LogP contribution is -2.15. The fraction of sp³-hybridized carbons (Fsp3) is 0.0690. The molecule has 9 aromatic carbocycles. The van der Waals surface area contributed by atoms with Crippen molar-refractivity contribution < 1.29 is 0 Å². The SMILES string of the molecule is C=C(CC(/C=C/N(C(=C)CC/C=C/c1cc2ccccc2c2ccccc12)c1cccc(-c2cc3ccccc3c3ccccc23)c1)c1ccccc1)c1ccccc1. The fourth-order valence-corrected chi connectivity index (χ4v) is 8.54. The first-order chi connectivity index (χ1) is 29.1. The Bertz CT molecular complexity index is 3010. The van der Waals surface area contributed by atoms with Gasteiger partial charge < -0.3 is 4.90 Å². The monoisotopic (exact) mass is 757 g/mol. The van der Waals surface area contributed by atoms with Crippen LogP contribution in [0, 0.1) is 0 Å². The number of anilines is 1. The number of allylic oxidation sites excluding steroid dienone is 4. The van der Waals surface area contributed by atoms with E-state index in [2.05, 4.69) is 230 Å². The second-order valence-electron chi connectivity index (χ2n) is 15.4. The normalized spacial score (nSPS) is 12.2. The van der Waals surface area contributed by atoms with Gasteiger partial charge in [-0.25, -0.2) is 0 Å². The van der Waals surface area contributed by atoms with Gasteiger partial charge in [-0.1, -0.05) is 201 Å². The number of nitrogens with zero attached hydrogens (tertiary/aromatic N) is 1. The van der Waals surface area contributed by atoms with Gasteiger partial charge in [-0.2, -0.15) is 0 Å². The second kappa shape index (κ2) is 17.1. The van der Waals surface area contributed by atoms with Gasteiger partial charge in [0.15, 0.2) is 0 Å². The number of hydrogen-bond donors (Lipinski definition) is 0. The van der Waals surface area contributed by atoms with Crippen molar-refractivity contribution in [2.24, 2.45) is 0 Å². The maximum Gasteiger partial charge on any atom is 0.0458 e. The average molecular weight is 758 g/mol. The number of hydrogen-bond acceptors (Lipinski definition) is 1. The molecule has 0 aromatic heterocycles. The van der Waals surface area contributed by atoms with E-state index < -0.39 is 0 Å². The number of benzene rings is 9. The molecule has 284 valence electrons. The predicted octanol–water partition coefficient (Wildman–Crippen LogP) is 16.2. The molecule has 9 rings (SSSR count). The molecule has 0 amide bonds. The molecule has 0 radical (unpaired) electrons. The van der Waals surface area contributed by atoms with Gasteiger partial charge in [-0.15, -0.1) is 0 Å². The Kier molecular flexibility index (Phi) is 10.8. The lowest BCUT2D eigenvalue weighted by molar-refractivity contribution is 0.866. The van der Waals surface area contributed by atoms with Gasteiger partial charge in [-0.05, 0) is 120 Å². The molecule has 1 atom stereocenters. The minimum Gasteiger partial charge on any atom is -0.322 e. The summed E-state index contributed by atoms with van der Waals surface area (Å²) in [6.45, 7) is 9.28. The summed E-state index contributed by atoms with van der Waals surface area (Å²) < 4.78 is 0. The third-order valence-corrected chi connectivity index (χ3v) is 11.6. The molecule has 0 aliphatic carbocycles. The Morgan fingerprint density at radius 2 is 1.10 bits per heavy atom. The van der Waals surface area contributed by atoms with Crippen LogP contribution < -0.4 is 4.90 Å². The molecule has 1 unspecified atom stereocenters. The van der Waals surface area contributed by atoms with Crippen molar-refractivity contribution in [2.45, 2.75) is 25.2 Å². The molecule has 0 aliphatic heterocycles. The van der Waals surface area contributed by atoms with E-state index in [9.17, 15) is 0 Å². The van der Waals surface area contributed by atoms with Crippen molar-refractivity contribution in [1.29, 1.82) is 0 Å². The van der Waals surface area contributed by atoms with Crippen molar-refractivity contribution in [1.82, 2.24) is 0 Å². The van der Waals surface area contributed by atoms with Crippen LogP contribution in [-0.2, 0) is 0 Å². The largest absolute Gasteiger partial charge is 0.322 e. The molecule has 0 aliphatic rings. The van der Waals surface area contributed by atoms with Gasteiger partial charge in [0.05, 0.1) is 0 Å². The molecular weight excluding hydrogens is 711 g/mol.